The van der Waals surface area contributed by atoms with Crippen molar-refractivity contribution in [2.24, 2.45) is 11.1 Å². The molecule has 0 saturated carbocycles. The van der Waals surface area contributed by atoms with Crippen LogP contribution in [0.15, 0.2) is 0 Å². The molecule has 0 rings (SSSR count). The standard InChI is InChI=1S/C9H19NOS/c1-4-7-12-8(11)9(2,3)5-6-10/h4-7,10H2,1-3H3. The van der Waals surface area contributed by atoms with E-state index in [4.69, 9.17) is 5.73 Å². The molecule has 0 aliphatic carbocycles. The molecule has 0 spiro atoms. The monoisotopic (exact) mass is 189 g/mol. The third kappa shape index (κ3) is 4.12. The summed E-state index contributed by atoms with van der Waals surface area (Å²) in [6, 6.07) is 0. The molecule has 2 N–H and O–H groups in total. The lowest BCUT2D eigenvalue weighted by Gasteiger charge is -2.20. The van der Waals surface area contributed by atoms with Gasteiger partial charge in [0.1, 0.15) is 0 Å². The van der Waals surface area contributed by atoms with Gasteiger partial charge >= 0.3 is 0 Å². The second-order valence-corrected chi connectivity index (χ2v) is 4.63. The Balaban J connectivity index is 3.88. The van der Waals surface area contributed by atoms with E-state index in [0.29, 0.717) is 6.54 Å². The van der Waals surface area contributed by atoms with E-state index >= 15 is 0 Å². The van der Waals surface area contributed by atoms with Crippen LogP contribution in [0.2, 0.25) is 0 Å². The molecule has 2 nitrogen and oxygen atoms in total. The molecule has 3 heteroatoms. The lowest BCUT2D eigenvalue weighted by atomic mass is 9.91. The first-order valence-electron chi connectivity index (χ1n) is 4.42. The fraction of sp³-hybridized carbons (Fsp3) is 0.889. The first kappa shape index (κ1) is 12.0. The molecule has 0 aliphatic rings. The number of carbonyl (C=O) groups excluding carboxylic acids is 1. The van der Waals surface area contributed by atoms with E-state index in [0.717, 1.165) is 18.6 Å². The van der Waals surface area contributed by atoms with E-state index in [2.05, 4.69) is 6.92 Å². The van der Waals surface area contributed by atoms with Crippen LogP contribution in [0.5, 0.6) is 0 Å². The van der Waals surface area contributed by atoms with Crippen LogP contribution >= 0.6 is 11.8 Å². The van der Waals surface area contributed by atoms with Crippen molar-refractivity contribution in [1.29, 1.82) is 0 Å². The SMILES string of the molecule is CCCSC(=O)C(C)(C)CCN. The molecule has 0 atom stereocenters. The molecule has 0 bridgehead atoms. The first-order chi connectivity index (χ1) is 5.54. The quantitative estimate of drug-likeness (QED) is 0.719. The van der Waals surface area contributed by atoms with Gasteiger partial charge in [-0.25, -0.2) is 0 Å². The summed E-state index contributed by atoms with van der Waals surface area (Å²) < 4.78 is 0. The number of hydrogen-bond donors (Lipinski definition) is 1. The predicted octanol–water partition coefficient (Wildman–Crippen LogP) is 2.03. The minimum absolute atomic E-state index is 0.241. The molecule has 0 fully saturated rings. The molecule has 0 aromatic heterocycles. The van der Waals surface area contributed by atoms with E-state index in [1.54, 1.807) is 0 Å². The third-order valence-electron chi connectivity index (χ3n) is 1.76. The van der Waals surface area contributed by atoms with E-state index in [1.165, 1.54) is 11.8 Å². The summed E-state index contributed by atoms with van der Waals surface area (Å²) in [4.78, 5) is 11.5. The summed E-state index contributed by atoms with van der Waals surface area (Å²) in [5, 5.41) is 0.273. The van der Waals surface area contributed by atoms with Gasteiger partial charge in [0, 0.05) is 11.2 Å². The van der Waals surface area contributed by atoms with Crippen molar-refractivity contribution in [2.75, 3.05) is 12.3 Å². The van der Waals surface area contributed by atoms with Crippen molar-refractivity contribution in [3.8, 4) is 0 Å². The Morgan fingerprint density at radius 1 is 1.50 bits per heavy atom. The minimum atomic E-state index is -0.241. The second kappa shape index (κ2) is 5.60. The third-order valence-corrected chi connectivity index (χ3v) is 3.19. The van der Waals surface area contributed by atoms with Crippen LogP contribution in [0.25, 0.3) is 0 Å². The van der Waals surface area contributed by atoms with Crippen molar-refractivity contribution in [3.05, 3.63) is 0 Å². The average molecular weight is 189 g/mol. The Morgan fingerprint density at radius 2 is 2.08 bits per heavy atom. The topological polar surface area (TPSA) is 43.1 Å². The average Bonchev–Trinajstić information content (AvgIpc) is 2.00. The zero-order valence-electron chi connectivity index (χ0n) is 8.22. The highest BCUT2D eigenvalue weighted by Gasteiger charge is 2.26. The molecule has 0 aromatic carbocycles. The molecule has 0 radical (unpaired) electrons. The van der Waals surface area contributed by atoms with Crippen molar-refractivity contribution in [1.82, 2.24) is 0 Å². The maximum absolute atomic E-state index is 11.5. The normalized spacial score (nSPS) is 11.7. The molecule has 0 aromatic rings. The Hall–Kier alpha value is -0.0200. The molecule has 0 unspecified atom stereocenters. The van der Waals surface area contributed by atoms with Crippen LogP contribution in [0, 0.1) is 5.41 Å². The molecule has 12 heavy (non-hydrogen) atoms. The molecule has 0 saturated heterocycles. The minimum Gasteiger partial charge on any atom is -0.330 e. The summed E-state index contributed by atoms with van der Waals surface area (Å²) in [7, 11) is 0. The van der Waals surface area contributed by atoms with Crippen molar-refractivity contribution < 1.29 is 4.79 Å². The molecule has 0 aliphatic heterocycles. The summed E-state index contributed by atoms with van der Waals surface area (Å²) >= 11 is 1.43. The highest BCUT2D eigenvalue weighted by atomic mass is 32.2. The van der Waals surface area contributed by atoms with E-state index < -0.39 is 0 Å². The van der Waals surface area contributed by atoms with Gasteiger partial charge in [0.15, 0.2) is 5.12 Å². The number of thioether (sulfide) groups is 1. The van der Waals surface area contributed by atoms with Gasteiger partial charge in [-0.1, -0.05) is 32.5 Å². The maximum Gasteiger partial charge on any atom is 0.194 e. The van der Waals surface area contributed by atoms with Crippen LogP contribution in [0.4, 0.5) is 0 Å². The van der Waals surface area contributed by atoms with E-state index in [-0.39, 0.29) is 10.5 Å². The number of carbonyl (C=O) groups is 1. The van der Waals surface area contributed by atoms with Gasteiger partial charge in [-0.05, 0) is 19.4 Å². The lowest BCUT2D eigenvalue weighted by molar-refractivity contribution is -0.118. The smallest absolute Gasteiger partial charge is 0.194 e. The Labute approximate surface area is 79.3 Å². The largest absolute Gasteiger partial charge is 0.330 e. The van der Waals surface area contributed by atoms with Crippen molar-refractivity contribution in [3.63, 3.8) is 0 Å². The van der Waals surface area contributed by atoms with Crippen LogP contribution in [0.3, 0.4) is 0 Å². The van der Waals surface area contributed by atoms with Gasteiger partial charge in [0.05, 0.1) is 0 Å². The second-order valence-electron chi connectivity index (χ2n) is 3.56. The first-order valence-corrected chi connectivity index (χ1v) is 5.40. The fourth-order valence-electron chi connectivity index (χ4n) is 0.853. The van der Waals surface area contributed by atoms with Gasteiger partial charge in [0.25, 0.3) is 0 Å². The summed E-state index contributed by atoms with van der Waals surface area (Å²) in [6.07, 6.45) is 1.83. The van der Waals surface area contributed by atoms with Gasteiger partial charge in [-0.2, -0.15) is 0 Å². The zero-order chi connectivity index (χ0) is 9.61. The number of nitrogens with two attached hydrogens (primary N) is 1. The van der Waals surface area contributed by atoms with Crippen LogP contribution in [-0.4, -0.2) is 17.4 Å². The van der Waals surface area contributed by atoms with Gasteiger partial charge < -0.3 is 5.73 Å². The van der Waals surface area contributed by atoms with Crippen LogP contribution < -0.4 is 5.73 Å². The highest BCUT2D eigenvalue weighted by Crippen LogP contribution is 2.27. The van der Waals surface area contributed by atoms with Gasteiger partial charge in [-0.3, -0.25) is 4.79 Å². The molecule has 72 valence electrons. The fourth-order valence-corrected chi connectivity index (χ4v) is 1.74. The van der Waals surface area contributed by atoms with Gasteiger partial charge in [0.2, 0.25) is 0 Å². The summed E-state index contributed by atoms with van der Waals surface area (Å²) in [5.41, 5.74) is 5.18. The molecule has 0 amide bonds. The Bertz CT molecular complexity index is 145. The highest BCUT2D eigenvalue weighted by molar-refractivity contribution is 8.13. The Kier molecular flexibility index (Phi) is 5.59. The summed E-state index contributed by atoms with van der Waals surface area (Å²) in [5.74, 6) is 0.923. The molecule has 0 heterocycles. The lowest BCUT2D eigenvalue weighted by Crippen LogP contribution is -2.25. The Morgan fingerprint density at radius 3 is 2.50 bits per heavy atom. The van der Waals surface area contributed by atoms with Crippen molar-refractivity contribution >= 4 is 16.9 Å². The number of rotatable bonds is 5. The number of hydrogen-bond acceptors (Lipinski definition) is 3. The van der Waals surface area contributed by atoms with E-state index in [1.807, 2.05) is 13.8 Å². The van der Waals surface area contributed by atoms with Crippen molar-refractivity contribution in [2.45, 2.75) is 33.6 Å². The zero-order valence-corrected chi connectivity index (χ0v) is 9.04. The van der Waals surface area contributed by atoms with E-state index in [9.17, 15) is 4.79 Å². The van der Waals surface area contributed by atoms with Crippen LogP contribution in [-0.2, 0) is 4.79 Å². The molecular weight excluding hydrogens is 170 g/mol. The summed E-state index contributed by atoms with van der Waals surface area (Å²) in [6.45, 7) is 6.59. The molecular formula is C9H19NOS. The predicted molar refractivity (Wildman–Crippen MR) is 55.2 cm³/mol. The van der Waals surface area contributed by atoms with Gasteiger partial charge in [-0.15, -0.1) is 0 Å². The van der Waals surface area contributed by atoms with Crippen LogP contribution in [0.1, 0.15) is 33.6 Å². The maximum atomic E-state index is 11.5.